The molecule has 4 nitrogen and oxygen atoms in total. The fraction of sp³-hybridized carbons (Fsp3) is 0.909. The Kier molecular flexibility index (Phi) is 11.6. The van der Waals surface area contributed by atoms with E-state index >= 15 is 0 Å². The molecule has 0 aliphatic carbocycles. The second kappa shape index (κ2) is 9.99. The molecular formula is C22H44CoN2O2. The van der Waals surface area contributed by atoms with Crippen molar-refractivity contribution >= 4 is 12.4 Å². The van der Waals surface area contributed by atoms with Gasteiger partial charge in [-0.15, -0.1) is 0 Å². The zero-order valence-corrected chi connectivity index (χ0v) is 21.2. The molecule has 0 bridgehead atoms. The Bertz CT molecular complexity index is 434. The Balaban J connectivity index is -0.000000411. The third kappa shape index (κ3) is 14.4. The van der Waals surface area contributed by atoms with Gasteiger partial charge in [-0.05, 0) is 64.8 Å². The predicted molar refractivity (Wildman–Crippen MR) is 112 cm³/mol. The quantitative estimate of drug-likeness (QED) is 0.624. The van der Waals surface area contributed by atoms with Crippen molar-refractivity contribution < 1.29 is 27.0 Å². The fourth-order valence-corrected chi connectivity index (χ4v) is 1.02. The van der Waals surface area contributed by atoms with Crippen LogP contribution in [0.2, 0.25) is 0 Å². The van der Waals surface area contributed by atoms with E-state index in [1.54, 1.807) is 26.3 Å². The van der Waals surface area contributed by atoms with Crippen LogP contribution in [-0.4, -0.2) is 34.7 Å². The second-order valence-electron chi connectivity index (χ2n) is 11.6. The van der Waals surface area contributed by atoms with Crippen LogP contribution in [0.4, 0.5) is 0 Å². The summed E-state index contributed by atoms with van der Waals surface area (Å²) in [6.45, 7) is 26.9. The van der Waals surface area contributed by atoms with Gasteiger partial charge in [0.1, 0.15) is 0 Å². The van der Waals surface area contributed by atoms with E-state index in [-0.39, 0.29) is 38.7 Å². The molecule has 0 aromatic rings. The first-order valence-electron chi connectivity index (χ1n) is 9.45. The summed E-state index contributed by atoms with van der Waals surface area (Å²) >= 11 is 0. The zero-order chi connectivity index (χ0) is 21.8. The van der Waals surface area contributed by atoms with Crippen LogP contribution in [0.25, 0.3) is 0 Å². The largest absolute Gasteiger partial charge is 2.00 e. The van der Waals surface area contributed by atoms with E-state index in [2.05, 4.69) is 9.98 Å². The van der Waals surface area contributed by atoms with Crippen molar-refractivity contribution in [2.24, 2.45) is 20.8 Å². The Morgan fingerprint density at radius 3 is 0.778 bits per heavy atom. The van der Waals surface area contributed by atoms with Crippen molar-refractivity contribution in [3.63, 3.8) is 0 Å². The van der Waals surface area contributed by atoms with E-state index in [0.29, 0.717) is 0 Å². The molecule has 163 valence electrons. The van der Waals surface area contributed by atoms with Crippen LogP contribution in [0.3, 0.4) is 0 Å². The van der Waals surface area contributed by atoms with Gasteiger partial charge in [0.25, 0.3) is 0 Å². The summed E-state index contributed by atoms with van der Waals surface area (Å²) in [7, 11) is 0. The van der Waals surface area contributed by atoms with Gasteiger partial charge in [0, 0.05) is 0 Å². The van der Waals surface area contributed by atoms with E-state index in [1.165, 1.54) is 0 Å². The van der Waals surface area contributed by atoms with Gasteiger partial charge in [0.05, 0.1) is 11.1 Å². The Hall–Kier alpha value is -0.234. The van der Waals surface area contributed by atoms with Gasteiger partial charge in [-0.3, -0.25) is 9.98 Å². The molecule has 0 amide bonds. The molecule has 0 rings (SSSR count). The van der Waals surface area contributed by atoms with Gasteiger partial charge in [0.15, 0.2) is 0 Å². The van der Waals surface area contributed by atoms with Crippen molar-refractivity contribution in [1.82, 2.24) is 0 Å². The molecule has 5 heteroatoms. The third-order valence-electron chi connectivity index (χ3n) is 4.37. The molecule has 1 radical (unpaired) electrons. The van der Waals surface area contributed by atoms with Gasteiger partial charge >= 0.3 is 16.8 Å². The van der Waals surface area contributed by atoms with Crippen LogP contribution in [-0.2, 0) is 16.8 Å². The van der Waals surface area contributed by atoms with Crippen LogP contribution in [0.1, 0.15) is 96.9 Å². The average Bonchev–Trinajstić information content (AvgIpc) is 2.31. The zero-order valence-electron chi connectivity index (χ0n) is 20.2. The fourth-order valence-electron chi connectivity index (χ4n) is 1.02. The molecule has 0 fully saturated rings. The van der Waals surface area contributed by atoms with Gasteiger partial charge in [-0.25, -0.2) is 0 Å². The van der Waals surface area contributed by atoms with Crippen LogP contribution < -0.4 is 10.2 Å². The number of hydrogen-bond acceptors (Lipinski definition) is 4. The summed E-state index contributed by atoms with van der Waals surface area (Å²) in [6.07, 6.45) is 3.10. The Morgan fingerprint density at radius 2 is 0.667 bits per heavy atom. The van der Waals surface area contributed by atoms with Crippen molar-refractivity contribution in [2.75, 3.05) is 0 Å². The average molecular weight is 428 g/mol. The molecule has 0 saturated heterocycles. The van der Waals surface area contributed by atoms with E-state index in [4.69, 9.17) is 0 Å². The number of nitrogens with zero attached hydrogens (tertiary/aromatic N) is 2. The van der Waals surface area contributed by atoms with Gasteiger partial charge in [-0.1, -0.05) is 66.6 Å². The third-order valence-corrected chi connectivity index (χ3v) is 4.37. The first-order valence-corrected chi connectivity index (χ1v) is 9.45. The van der Waals surface area contributed by atoms with E-state index in [0.717, 1.165) is 0 Å². The summed E-state index contributed by atoms with van der Waals surface area (Å²) in [4.78, 5) is 8.51. The van der Waals surface area contributed by atoms with E-state index in [9.17, 15) is 10.2 Å². The molecule has 0 N–H and O–H groups in total. The van der Waals surface area contributed by atoms with Crippen LogP contribution in [0.15, 0.2) is 9.98 Å². The Morgan fingerprint density at radius 1 is 0.481 bits per heavy atom. The van der Waals surface area contributed by atoms with Gasteiger partial charge in [-0.2, -0.15) is 0 Å². The molecule has 0 spiro atoms. The molecule has 2 unspecified atom stereocenters. The van der Waals surface area contributed by atoms with Crippen molar-refractivity contribution in [2.45, 2.75) is 119 Å². The monoisotopic (exact) mass is 427 g/mol. The van der Waals surface area contributed by atoms with E-state index in [1.807, 2.05) is 83.1 Å². The van der Waals surface area contributed by atoms with Crippen LogP contribution >= 0.6 is 0 Å². The number of rotatable bonds is 2. The van der Waals surface area contributed by atoms with Crippen LogP contribution in [0.5, 0.6) is 0 Å². The molecule has 0 aromatic carbocycles. The first-order chi connectivity index (χ1) is 10.9. The molecule has 2 atom stereocenters. The maximum atomic E-state index is 12.0. The normalized spacial score (nSPS) is 18.4. The maximum Gasteiger partial charge on any atom is 2.00 e. The topological polar surface area (TPSA) is 70.8 Å². The summed E-state index contributed by atoms with van der Waals surface area (Å²) in [5.41, 5.74) is -3.09. The first kappa shape index (κ1) is 31.5. The molecule has 0 saturated carbocycles. The van der Waals surface area contributed by atoms with Crippen molar-refractivity contribution in [3.8, 4) is 0 Å². The number of hydrogen-bond donors (Lipinski definition) is 0. The molecule has 0 aromatic heterocycles. The summed E-state index contributed by atoms with van der Waals surface area (Å²) < 4.78 is 0. The predicted octanol–water partition coefficient (Wildman–Crippen LogP) is 4.04. The van der Waals surface area contributed by atoms with Gasteiger partial charge in [0.2, 0.25) is 0 Å². The maximum absolute atomic E-state index is 12.0. The smallest absolute Gasteiger partial charge is 0.845 e. The minimum Gasteiger partial charge on any atom is -0.845 e. The minimum atomic E-state index is -1.10. The molecule has 27 heavy (non-hydrogen) atoms. The second-order valence-corrected chi connectivity index (χ2v) is 11.6. The van der Waals surface area contributed by atoms with Crippen molar-refractivity contribution in [3.05, 3.63) is 0 Å². The van der Waals surface area contributed by atoms with Crippen molar-refractivity contribution in [1.29, 1.82) is 0 Å². The summed E-state index contributed by atoms with van der Waals surface area (Å²) in [5, 5.41) is 24.0. The molecule has 0 aliphatic rings. The standard InChI is InChI=1S/2C11H22NO.Co/c2*1-9(2,3)11(7,13)8-12-10(4,5)6;/h2*8H,1-7H3;/q2*-1;+2. The van der Waals surface area contributed by atoms with E-state index < -0.39 is 11.2 Å². The SMILES string of the molecule is CC(C)(C)N=CC(C)([O-])C(C)(C)C.CC(C)(C)N=CC(C)([O-])C(C)(C)C.[Co+2]. The molecular weight excluding hydrogens is 383 g/mol. The molecule has 0 aliphatic heterocycles. The number of aliphatic imine (C=N–C) groups is 2. The Labute approximate surface area is 179 Å². The van der Waals surface area contributed by atoms with Crippen LogP contribution in [0, 0.1) is 10.8 Å². The minimum absolute atomic E-state index is 0. The molecule has 0 heterocycles. The summed E-state index contributed by atoms with van der Waals surface area (Å²) in [5.74, 6) is 0. The van der Waals surface area contributed by atoms with Gasteiger partial charge < -0.3 is 10.2 Å². The summed E-state index contributed by atoms with van der Waals surface area (Å²) in [6, 6.07) is 0.